The standard InChI is InChI=1S/C50H33N5/c1-32-19-20-37-29-30-43-44(31-45(52-47(43)46(37)51-32)42-18-10-16-35-11-8-9-17-41(35)42)36-25-21-33(22-26-36)34-23-27-40(28-24-34)50-54-48(38-12-4-2-5-13-38)53-49(55-50)39-14-6-3-7-15-39/h2-31H,1H3. The van der Waals surface area contributed by atoms with Crippen molar-refractivity contribution in [2.45, 2.75) is 6.92 Å². The first-order valence-electron chi connectivity index (χ1n) is 18.4. The van der Waals surface area contributed by atoms with E-state index in [-0.39, 0.29) is 0 Å². The Bertz CT molecular complexity index is 2950. The van der Waals surface area contributed by atoms with Crippen molar-refractivity contribution in [3.63, 3.8) is 0 Å². The lowest BCUT2D eigenvalue weighted by Gasteiger charge is -2.14. The molecule has 10 aromatic rings. The lowest BCUT2D eigenvalue weighted by atomic mass is 9.94. The fourth-order valence-corrected chi connectivity index (χ4v) is 7.39. The first-order chi connectivity index (χ1) is 27.1. The Morgan fingerprint density at radius 3 is 1.49 bits per heavy atom. The number of benzene rings is 7. The summed E-state index contributed by atoms with van der Waals surface area (Å²) in [7, 11) is 0. The fraction of sp³-hybridized carbons (Fsp3) is 0.0200. The van der Waals surface area contributed by atoms with E-state index in [2.05, 4.69) is 121 Å². The summed E-state index contributed by atoms with van der Waals surface area (Å²) in [5.41, 5.74) is 12.1. The topological polar surface area (TPSA) is 64.5 Å². The lowest BCUT2D eigenvalue weighted by molar-refractivity contribution is 1.07. The molecule has 0 aliphatic rings. The third-order valence-corrected chi connectivity index (χ3v) is 10.2. The minimum Gasteiger partial charge on any atom is -0.251 e. The molecule has 0 bridgehead atoms. The lowest BCUT2D eigenvalue weighted by Crippen LogP contribution is -2.00. The Kier molecular flexibility index (Phi) is 7.96. The van der Waals surface area contributed by atoms with Gasteiger partial charge in [0, 0.05) is 38.7 Å². The monoisotopic (exact) mass is 703 g/mol. The molecular formula is C50H33N5. The molecule has 258 valence electrons. The SMILES string of the molecule is Cc1ccc2ccc3c(-c4ccc(-c5ccc(-c6nc(-c7ccccc7)nc(-c7ccccc7)n6)cc5)cc4)cc(-c4cccc5ccccc45)nc3c2n1. The van der Waals surface area contributed by atoms with Crippen LogP contribution in [0.1, 0.15) is 5.69 Å². The molecule has 55 heavy (non-hydrogen) atoms. The Morgan fingerprint density at radius 1 is 0.309 bits per heavy atom. The van der Waals surface area contributed by atoms with Gasteiger partial charge in [0.05, 0.1) is 16.7 Å². The molecule has 0 amide bonds. The van der Waals surface area contributed by atoms with Gasteiger partial charge in [-0.05, 0) is 52.1 Å². The highest BCUT2D eigenvalue weighted by molar-refractivity contribution is 6.10. The van der Waals surface area contributed by atoms with Crippen LogP contribution in [0.3, 0.4) is 0 Å². The third kappa shape index (κ3) is 6.08. The van der Waals surface area contributed by atoms with Crippen LogP contribution in [0, 0.1) is 6.92 Å². The van der Waals surface area contributed by atoms with Gasteiger partial charge in [0.2, 0.25) is 0 Å². The summed E-state index contributed by atoms with van der Waals surface area (Å²) in [6.45, 7) is 2.03. The number of aryl methyl sites for hydroxylation is 1. The van der Waals surface area contributed by atoms with E-state index in [1.807, 2.05) is 67.6 Å². The van der Waals surface area contributed by atoms with Gasteiger partial charge in [0.25, 0.3) is 0 Å². The summed E-state index contributed by atoms with van der Waals surface area (Å²) < 4.78 is 0. The van der Waals surface area contributed by atoms with Gasteiger partial charge >= 0.3 is 0 Å². The van der Waals surface area contributed by atoms with Gasteiger partial charge in [-0.2, -0.15) is 0 Å². The summed E-state index contributed by atoms with van der Waals surface area (Å²) in [6, 6.07) is 63.1. The molecule has 5 nitrogen and oxygen atoms in total. The van der Waals surface area contributed by atoms with Crippen LogP contribution in [0.25, 0.3) is 100 Å². The van der Waals surface area contributed by atoms with Crippen molar-refractivity contribution >= 4 is 32.6 Å². The van der Waals surface area contributed by atoms with Crippen LogP contribution < -0.4 is 0 Å². The number of hydrogen-bond acceptors (Lipinski definition) is 5. The number of aromatic nitrogens is 5. The molecule has 0 aliphatic heterocycles. The third-order valence-electron chi connectivity index (χ3n) is 10.2. The second kappa shape index (κ2) is 13.6. The van der Waals surface area contributed by atoms with Gasteiger partial charge in [-0.1, -0.05) is 170 Å². The van der Waals surface area contributed by atoms with Crippen LogP contribution in [0.4, 0.5) is 0 Å². The normalized spacial score (nSPS) is 11.4. The number of rotatable bonds is 6. The highest BCUT2D eigenvalue weighted by Crippen LogP contribution is 2.38. The average molecular weight is 704 g/mol. The second-order valence-electron chi connectivity index (χ2n) is 13.8. The minimum atomic E-state index is 0.637. The molecule has 0 atom stereocenters. The molecule has 0 unspecified atom stereocenters. The van der Waals surface area contributed by atoms with Crippen molar-refractivity contribution in [3.8, 4) is 67.7 Å². The molecule has 3 aromatic heterocycles. The maximum atomic E-state index is 5.32. The Balaban J connectivity index is 1.04. The van der Waals surface area contributed by atoms with Crippen molar-refractivity contribution in [2.24, 2.45) is 0 Å². The first kappa shape index (κ1) is 32.3. The molecule has 0 fully saturated rings. The molecule has 5 heteroatoms. The highest BCUT2D eigenvalue weighted by Gasteiger charge is 2.16. The van der Waals surface area contributed by atoms with E-state index < -0.39 is 0 Å². The van der Waals surface area contributed by atoms with Crippen LogP contribution in [0.5, 0.6) is 0 Å². The van der Waals surface area contributed by atoms with Crippen molar-refractivity contribution < 1.29 is 0 Å². The molecule has 3 heterocycles. The molecule has 0 saturated carbocycles. The van der Waals surface area contributed by atoms with E-state index >= 15 is 0 Å². The van der Waals surface area contributed by atoms with Crippen LogP contribution in [-0.4, -0.2) is 24.9 Å². The van der Waals surface area contributed by atoms with Crippen molar-refractivity contribution in [3.05, 3.63) is 188 Å². The molecule has 0 radical (unpaired) electrons. The van der Waals surface area contributed by atoms with Gasteiger partial charge in [0.15, 0.2) is 17.5 Å². The van der Waals surface area contributed by atoms with E-state index in [9.17, 15) is 0 Å². The van der Waals surface area contributed by atoms with Gasteiger partial charge < -0.3 is 0 Å². The maximum absolute atomic E-state index is 5.32. The first-order valence-corrected chi connectivity index (χ1v) is 18.4. The summed E-state index contributed by atoms with van der Waals surface area (Å²) in [4.78, 5) is 25.0. The van der Waals surface area contributed by atoms with Gasteiger partial charge in [-0.3, -0.25) is 4.98 Å². The van der Waals surface area contributed by atoms with E-state index in [1.165, 1.54) is 10.8 Å². The second-order valence-corrected chi connectivity index (χ2v) is 13.8. The van der Waals surface area contributed by atoms with Gasteiger partial charge in [0.1, 0.15) is 0 Å². The molecule has 7 aromatic carbocycles. The Labute approximate surface area is 318 Å². The quantitative estimate of drug-likeness (QED) is 0.161. The number of nitrogens with zero attached hydrogens (tertiary/aromatic N) is 5. The predicted molar refractivity (Wildman–Crippen MR) is 225 cm³/mol. The molecule has 0 spiro atoms. The van der Waals surface area contributed by atoms with Crippen molar-refractivity contribution in [2.75, 3.05) is 0 Å². The van der Waals surface area contributed by atoms with Crippen molar-refractivity contribution in [1.82, 2.24) is 24.9 Å². The van der Waals surface area contributed by atoms with E-state index in [0.717, 1.165) is 77.7 Å². The number of fused-ring (bicyclic) bond motifs is 4. The van der Waals surface area contributed by atoms with Gasteiger partial charge in [-0.15, -0.1) is 0 Å². The van der Waals surface area contributed by atoms with Crippen LogP contribution in [-0.2, 0) is 0 Å². The highest BCUT2D eigenvalue weighted by atomic mass is 15.0. The Hall–Kier alpha value is -7.37. The summed E-state index contributed by atoms with van der Waals surface area (Å²) in [5, 5.41) is 4.52. The maximum Gasteiger partial charge on any atom is 0.164 e. The smallest absolute Gasteiger partial charge is 0.164 e. The summed E-state index contributed by atoms with van der Waals surface area (Å²) in [5.74, 6) is 1.93. The average Bonchev–Trinajstić information content (AvgIpc) is 3.26. The van der Waals surface area contributed by atoms with E-state index in [4.69, 9.17) is 24.9 Å². The number of hydrogen-bond donors (Lipinski definition) is 0. The molecule has 0 saturated heterocycles. The molecular weight excluding hydrogens is 671 g/mol. The molecule has 0 aliphatic carbocycles. The van der Waals surface area contributed by atoms with Gasteiger partial charge in [-0.25, -0.2) is 19.9 Å². The predicted octanol–water partition coefficient (Wildman–Crippen LogP) is 12.4. The summed E-state index contributed by atoms with van der Waals surface area (Å²) in [6.07, 6.45) is 0. The zero-order chi connectivity index (χ0) is 36.7. The molecule has 0 N–H and O–H groups in total. The largest absolute Gasteiger partial charge is 0.251 e. The number of pyridine rings is 2. The zero-order valence-corrected chi connectivity index (χ0v) is 30.1. The zero-order valence-electron chi connectivity index (χ0n) is 30.1. The van der Waals surface area contributed by atoms with E-state index in [0.29, 0.717) is 17.5 Å². The minimum absolute atomic E-state index is 0.637. The van der Waals surface area contributed by atoms with Crippen LogP contribution >= 0.6 is 0 Å². The summed E-state index contributed by atoms with van der Waals surface area (Å²) >= 11 is 0. The Morgan fingerprint density at radius 2 is 0.836 bits per heavy atom. The van der Waals surface area contributed by atoms with E-state index in [1.54, 1.807) is 0 Å². The van der Waals surface area contributed by atoms with Crippen LogP contribution in [0.2, 0.25) is 0 Å². The van der Waals surface area contributed by atoms with Crippen molar-refractivity contribution in [1.29, 1.82) is 0 Å². The fourth-order valence-electron chi connectivity index (χ4n) is 7.39. The molecule has 10 rings (SSSR count). The van der Waals surface area contributed by atoms with Crippen LogP contribution in [0.15, 0.2) is 182 Å².